The zero-order chi connectivity index (χ0) is 11.3. The summed E-state index contributed by atoms with van der Waals surface area (Å²) in [6.07, 6.45) is 0.424. The fourth-order valence-electron chi connectivity index (χ4n) is 1.31. The SMILES string of the molecule is CC(C)c1cc(Br)ccc1OCCC#N. The highest BCUT2D eigenvalue weighted by Gasteiger charge is 2.08. The molecule has 0 spiro atoms. The van der Waals surface area contributed by atoms with Crippen LogP contribution in [0.4, 0.5) is 0 Å². The summed E-state index contributed by atoms with van der Waals surface area (Å²) >= 11 is 3.44. The fraction of sp³-hybridized carbons (Fsp3) is 0.417. The third-order valence-electron chi connectivity index (χ3n) is 2.07. The summed E-state index contributed by atoms with van der Waals surface area (Å²) in [6, 6.07) is 8.02. The molecular weight excluding hydrogens is 254 g/mol. The Bertz CT molecular complexity index is 368. The lowest BCUT2D eigenvalue weighted by molar-refractivity contribution is 0.322. The quantitative estimate of drug-likeness (QED) is 0.776. The van der Waals surface area contributed by atoms with Gasteiger partial charge in [-0.3, -0.25) is 0 Å². The average molecular weight is 268 g/mol. The van der Waals surface area contributed by atoms with Gasteiger partial charge in [0.15, 0.2) is 0 Å². The lowest BCUT2D eigenvalue weighted by Gasteiger charge is -2.13. The minimum atomic E-state index is 0.416. The number of ether oxygens (including phenoxy) is 1. The molecule has 3 heteroatoms. The zero-order valence-electron chi connectivity index (χ0n) is 8.96. The van der Waals surface area contributed by atoms with Crippen LogP contribution in [0.25, 0.3) is 0 Å². The number of halogens is 1. The Kier molecular flexibility index (Phi) is 4.64. The van der Waals surface area contributed by atoms with Gasteiger partial charge in [0, 0.05) is 4.47 Å². The first-order valence-corrected chi connectivity index (χ1v) is 5.73. The van der Waals surface area contributed by atoms with Crippen LogP contribution in [0.15, 0.2) is 22.7 Å². The standard InChI is InChI=1S/C12H14BrNO/c1-9(2)11-8-10(13)4-5-12(11)15-7-3-6-14/h4-5,8-9H,3,7H2,1-2H3. The van der Waals surface area contributed by atoms with Crippen LogP contribution in [0, 0.1) is 11.3 Å². The highest BCUT2D eigenvalue weighted by atomic mass is 79.9. The van der Waals surface area contributed by atoms with Crippen molar-refractivity contribution in [2.75, 3.05) is 6.61 Å². The number of hydrogen-bond donors (Lipinski definition) is 0. The first kappa shape index (κ1) is 12.1. The normalized spacial score (nSPS) is 10.1. The Morgan fingerprint density at radius 1 is 1.47 bits per heavy atom. The maximum absolute atomic E-state index is 8.43. The van der Waals surface area contributed by atoms with E-state index in [9.17, 15) is 0 Å². The Labute approximate surface area is 99.0 Å². The average Bonchev–Trinajstić information content (AvgIpc) is 2.20. The molecule has 0 aliphatic carbocycles. The van der Waals surface area contributed by atoms with Crippen molar-refractivity contribution in [3.63, 3.8) is 0 Å². The highest BCUT2D eigenvalue weighted by molar-refractivity contribution is 9.10. The predicted octanol–water partition coefficient (Wildman–Crippen LogP) is 3.86. The summed E-state index contributed by atoms with van der Waals surface area (Å²) in [5, 5.41) is 8.43. The first-order valence-electron chi connectivity index (χ1n) is 4.94. The van der Waals surface area contributed by atoms with Crippen molar-refractivity contribution in [2.45, 2.75) is 26.2 Å². The molecule has 0 aliphatic rings. The minimum Gasteiger partial charge on any atom is -0.492 e. The third kappa shape index (κ3) is 3.56. The van der Waals surface area contributed by atoms with Gasteiger partial charge in [-0.2, -0.15) is 5.26 Å². The molecule has 0 amide bonds. The number of hydrogen-bond acceptors (Lipinski definition) is 2. The number of nitrogens with zero attached hydrogens (tertiary/aromatic N) is 1. The topological polar surface area (TPSA) is 33.0 Å². The van der Waals surface area contributed by atoms with Gasteiger partial charge in [-0.25, -0.2) is 0 Å². The molecule has 0 bridgehead atoms. The van der Waals surface area contributed by atoms with E-state index in [0.29, 0.717) is 18.9 Å². The maximum Gasteiger partial charge on any atom is 0.122 e. The van der Waals surface area contributed by atoms with Crippen LogP contribution in [0.2, 0.25) is 0 Å². The van der Waals surface area contributed by atoms with Crippen molar-refractivity contribution < 1.29 is 4.74 Å². The van der Waals surface area contributed by atoms with Gasteiger partial charge in [0.05, 0.1) is 12.5 Å². The highest BCUT2D eigenvalue weighted by Crippen LogP contribution is 2.29. The van der Waals surface area contributed by atoms with E-state index in [0.717, 1.165) is 10.2 Å². The van der Waals surface area contributed by atoms with Crippen molar-refractivity contribution in [3.8, 4) is 11.8 Å². The van der Waals surface area contributed by atoms with E-state index < -0.39 is 0 Å². The Morgan fingerprint density at radius 3 is 2.80 bits per heavy atom. The second-order valence-electron chi connectivity index (χ2n) is 3.59. The summed E-state index contributed by atoms with van der Waals surface area (Å²) in [7, 11) is 0. The first-order chi connectivity index (χ1) is 7.15. The van der Waals surface area contributed by atoms with Gasteiger partial charge >= 0.3 is 0 Å². The molecule has 1 rings (SSSR count). The second-order valence-corrected chi connectivity index (χ2v) is 4.51. The van der Waals surface area contributed by atoms with Crippen LogP contribution in [-0.2, 0) is 0 Å². The minimum absolute atomic E-state index is 0.416. The van der Waals surface area contributed by atoms with Gasteiger partial charge in [-0.15, -0.1) is 0 Å². The Balaban J connectivity index is 2.82. The number of rotatable bonds is 4. The summed E-state index contributed by atoms with van der Waals surface area (Å²) in [4.78, 5) is 0. The van der Waals surface area contributed by atoms with E-state index in [4.69, 9.17) is 10.00 Å². The molecule has 0 radical (unpaired) electrons. The molecule has 1 aromatic rings. The van der Waals surface area contributed by atoms with Crippen LogP contribution in [0.5, 0.6) is 5.75 Å². The predicted molar refractivity (Wildman–Crippen MR) is 64.0 cm³/mol. The van der Waals surface area contributed by atoms with E-state index in [-0.39, 0.29) is 0 Å². The lowest BCUT2D eigenvalue weighted by Crippen LogP contribution is -2.00. The van der Waals surface area contributed by atoms with E-state index in [1.165, 1.54) is 5.56 Å². The van der Waals surface area contributed by atoms with Crippen molar-refractivity contribution >= 4 is 15.9 Å². The second kappa shape index (κ2) is 5.77. The van der Waals surface area contributed by atoms with Crippen LogP contribution < -0.4 is 4.74 Å². The number of benzene rings is 1. The molecule has 0 saturated carbocycles. The van der Waals surface area contributed by atoms with Crippen LogP contribution >= 0.6 is 15.9 Å². The van der Waals surface area contributed by atoms with Gasteiger partial charge in [0.1, 0.15) is 12.4 Å². The third-order valence-corrected chi connectivity index (χ3v) is 2.56. The molecule has 0 N–H and O–H groups in total. The van der Waals surface area contributed by atoms with E-state index >= 15 is 0 Å². The van der Waals surface area contributed by atoms with Gasteiger partial charge < -0.3 is 4.74 Å². The molecule has 0 saturated heterocycles. The van der Waals surface area contributed by atoms with E-state index in [1.807, 2.05) is 12.1 Å². The summed E-state index contributed by atoms with van der Waals surface area (Å²) < 4.78 is 6.60. The van der Waals surface area contributed by atoms with Crippen LogP contribution in [0.3, 0.4) is 0 Å². The monoisotopic (exact) mass is 267 g/mol. The molecule has 0 fully saturated rings. The smallest absolute Gasteiger partial charge is 0.122 e. The summed E-state index contributed by atoms with van der Waals surface area (Å²) in [5.74, 6) is 1.29. The summed E-state index contributed by atoms with van der Waals surface area (Å²) in [5.41, 5.74) is 1.17. The summed E-state index contributed by atoms with van der Waals surface area (Å²) in [6.45, 7) is 4.70. The molecule has 0 atom stereocenters. The van der Waals surface area contributed by atoms with Crippen molar-refractivity contribution in [1.29, 1.82) is 5.26 Å². The molecule has 1 aromatic carbocycles. The zero-order valence-corrected chi connectivity index (χ0v) is 10.5. The Hall–Kier alpha value is -1.01. The van der Waals surface area contributed by atoms with E-state index in [2.05, 4.69) is 41.9 Å². The molecule has 0 aliphatic heterocycles. The molecule has 2 nitrogen and oxygen atoms in total. The van der Waals surface area contributed by atoms with E-state index in [1.54, 1.807) is 0 Å². The van der Waals surface area contributed by atoms with Gasteiger partial charge in [-0.1, -0.05) is 29.8 Å². The van der Waals surface area contributed by atoms with Gasteiger partial charge in [0.25, 0.3) is 0 Å². The fourth-order valence-corrected chi connectivity index (χ4v) is 1.69. The van der Waals surface area contributed by atoms with Crippen LogP contribution in [0.1, 0.15) is 31.7 Å². The van der Waals surface area contributed by atoms with Gasteiger partial charge in [0.2, 0.25) is 0 Å². The molecule has 0 aromatic heterocycles. The van der Waals surface area contributed by atoms with Gasteiger partial charge in [-0.05, 0) is 29.7 Å². The molecule has 0 heterocycles. The molecule has 0 unspecified atom stereocenters. The Morgan fingerprint density at radius 2 is 2.20 bits per heavy atom. The van der Waals surface area contributed by atoms with Crippen LogP contribution in [-0.4, -0.2) is 6.61 Å². The van der Waals surface area contributed by atoms with Crippen molar-refractivity contribution in [3.05, 3.63) is 28.2 Å². The molecular formula is C12H14BrNO. The largest absolute Gasteiger partial charge is 0.492 e. The molecule has 15 heavy (non-hydrogen) atoms. The van der Waals surface area contributed by atoms with Crippen molar-refractivity contribution in [2.24, 2.45) is 0 Å². The lowest BCUT2D eigenvalue weighted by atomic mass is 10.0. The van der Waals surface area contributed by atoms with Crippen molar-refractivity contribution in [1.82, 2.24) is 0 Å². The molecule has 80 valence electrons. The maximum atomic E-state index is 8.43. The number of nitriles is 1.